The smallest absolute Gasteiger partial charge is 0.224 e. The highest BCUT2D eigenvalue weighted by Gasteiger charge is 2.18. The van der Waals surface area contributed by atoms with Crippen molar-refractivity contribution >= 4 is 33.5 Å². The van der Waals surface area contributed by atoms with Crippen LogP contribution in [0.4, 0.5) is 5.69 Å². The van der Waals surface area contributed by atoms with Gasteiger partial charge in [-0.05, 0) is 61.2 Å². The third-order valence-corrected chi connectivity index (χ3v) is 7.68. The number of hydrogen-bond donors (Lipinski definition) is 3. The number of aromatic amines is 2. The van der Waals surface area contributed by atoms with Gasteiger partial charge in [0.05, 0.1) is 34.5 Å². The molecule has 198 valence electrons. The van der Waals surface area contributed by atoms with Crippen LogP contribution in [0, 0.1) is 5.92 Å². The molecule has 6 aromatic heterocycles. The molecular formula is C31H28N8O. The molecule has 6 aromatic rings. The maximum absolute atomic E-state index is 12.7. The first kappa shape index (κ1) is 24.1. The number of nitrogens with zero attached hydrogens (tertiary/aromatic N) is 5. The summed E-state index contributed by atoms with van der Waals surface area (Å²) < 4.78 is 0. The van der Waals surface area contributed by atoms with Gasteiger partial charge in [0, 0.05) is 53.2 Å². The van der Waals surface area contributed by atoms with Crippen LogP contribution in [0.3, 0.4) is 0 Å². The number of carbonyl (C=O) groups excluding carboxylic acids is 1. The van der Waals surface area contributed by atoms with Crippen LogP contribution in [0.25, 0.3) is 55.8 Å². The van der Waals surface area contributed by atoms with Crippen LogP contribution in [0.1, 0.15) is 38.5 Å². The molecule has 6 heterocycles. The summed E-state index contributed by atoms with van der Waals surface area (Å²) in [5.74, 6) is 0.528. The lowest BCUT2D eigenvalue weighted by molar-refractivity contribution is -0.117. The van der Waals surface area contributed by atoms with E-state index < -0.39 is 0 Å². The lowest BCUT2D eigenvalue weighted by atomic mass is 9.87. The Morgan fingerprint density at radius 2 is 1.75 bits per heavy atom. The van der Waals surface area contributed by atoms with Crippen LogP contribution in [-0.4, -0.2) is 41.0 Å². The highest BCUT2D eigenvalue weighted by Crippen LogP contribution is 2.33. The van der Waals surface area contributed by atoms with Crippen LogP contribution in [0.2, 0.25) is 0 Å². The number of hydrogen-bond acceptors (Lipinski definition) is 6. The van der Waals surface area contributed by atoms with Crippen LogP contribution in [0.15, 0.2) is 73.4 Å². The number of H-pyrrole nitrogens is 2. The zero-order valence-electron chi connectivity index (χ0n) is 21.9. The molecule has 0 saturated heterocycles. The molecule has 0 radical (unpaired) electrons. The van der Waals surface area contributed by atoms with Crippen molar-refractivity contribution < 1.29 is 4.79 Å². The Bertz CT molecular complexity index is 1820. The lowest BCUT2D eigenvalue weighted by Crippen LogP contribution is -2.18. The van der Waals surface area contributed by atoms with Crippen molar-refractivity contribution in [2.45, 2.75) is 38.5 Å². The number of nitrogens with one attached hydrogen (secondary N) is 3. The Kier molecular flexibility index (Phi) is 6.24. The first-order valence-corrected chi connectivity index (χ1v) is 13.7. The van der Waals surface area contributed by atoms with E-state index in [0.717, 1.165) is 68.7 Å². The number of rotatable bonds is 6. The quantitative estimate of drug-likeness (QED) is 0.226. The topological polar surface area (TPSA) is 125 Å². The van der Waals surface area contributed by atoms with Crippen molar-refractivity contribution in [3.05, 3.63) is 73.4 Å². The molecule has 0 aromatic carbocycles. The first-order chi connectivity index (χ1) is 19.7. The summed E-state index contributed by atoms with van der Waals surface area (Å²) >= 11 is 0. The van der Waals surface area contributed by atoms with Gasteiger partial charge in [0.1, 0.15) is 11.2 Å². The van der Waals surface area contributed by atoms with Gasteiger partial charge in [-0.1, -0.05) is 19.3 Å². The summed E-state index contributed by atoms with van der Waals surface area (Å²) in [6, 6.07) is 13.7. The van der Waals surface area contributed by atoms with Gasteiger partial charge in [0.25, 0.3) is 0 Å². The Hall–Kier alpha value is -4.92. The van der Waals surface area contributed by atoms with Crippen molar-refractivity contribution in [1.29, 1.82) is 0 Å². The summed E-state index contributed by atoms with van der Waals surface area (Å²) in [5.41, 5.74) is 8.23. The summed E-state index contributed by atoms with van der Waals surface area (Å²) in [6.07, 6.45) is 15.3. The average Bonchev–Trinajstić information content (AvgIpc) is 3.62. The van der Waals surface area contributed by atoms with Gasteiger partial charge in [-0.2, -0.15) is 5.10 Å². The van der Waals surface area contributed by atoms with E-state index in [1.54, 1.807) is 31.0 Å². The predicted molar refractivity (Wildman–Crippen MR) is 155 cm³/mol. The zero-order valence-corrected chi connectivity index (χ0v) is 21.9. The van der Waals surface area contributed by atoms with Gasteiger partial charge in [-0.15, -0.1) is 0 Å². The fourth-order valence-electron chi connectivity index (χ4n) is 5.68. The minimum absolute atomic E-state index is 0.0471. The van der Waals surface area contributed by atoms with Gasteiger partial charge < -0.3 is 10.3 Å². The van der Waals surface area contributed by atoms with Crippen LogP contribution in [-0.2, 0) is 4.79 Å². The minimum Gasteiger partial charge on any atom is -0.353 e. The number of anilines is 1. The van der Waals surface area contributed by atoms with E-state index in [9.17, 15) is 4.79 Å². The molecule has 0 spiro atoms. The van der Waals surface area contributed by atoms with E-state index in [1.165, 1.54) is 19.3 Å². The zero-order chi connectivity index (χ0) is 26.9. The second-order valence-electron chi connectivity index (χ2n) is 10.4. The van der Waals surface area contributed by atoms with Crippen molar-refractivity contribution in [3.8, 4) is 33.9 Å². The van der Waals surface area contributed by atoms with Gasteiger partial charge in [0.2, 0.25) is 5.91 Å². The van der Waals surface area contributed by atoms with Crippen molar-refractivity contribution in [2.75, 3.05) is 5.32 Å². The third-order valence-electron chi connectivity index (χ3n) is 7.68. The number of amides is 1. The average molecular weight is 529 g/mol. The highest BCUT2D eigenvalue weighted by atomic mass is 16.1. The molecule has 9 heteroatoms. The molecule has 1 saturated carbocycles. The van der Waals surface area contributed by atoms with E-state index in [0.29, 0.717) is 18.0 Å². The largest absolute Gasteiger partial charge is 0.353 e. The monoisotopic (exact) mass is 528 g/mol. The SMILES string of the molecule is O=C(CC1CCCCC1)Nc1cncc(-c2ccc3[nH]nc(-c4cc5c(-c6ccncc6)nccc5[nH]4)c3n2)c1. The molecule has 0 unspecified atom stereocenters. The minimum atomic E-state index is 0.0471. The third kappa shape index (κ3) is 4.70. The van der Waals surface area contributed by atoms with Gasteiger partial charge in [0.15, 0.2) is 0 Å². The van der Waals surface area contributed by atoms with E-state index in [-0.39, 0.29) is 5.91 Å². The summed E-state index contributed by atoms with van der Waals surface area (Å²) in [4.78, 5) is 34.2. The van der Waals surface area contributed by atoms with Crippen molar-refractivity contribution in [1.82, 2.24) is 35.1 Å². The Labute approximate surface area is 230 Å². The predicted octanol–water partition coefficient (Wildman–Crippen LogP) is 6.53. The molecule has 1 aliphatic carbocycles. The number of carbonyl (C=O) groups is 1. The van der Waals surface area contributed by atoms with E-state index in [1.807, 2.05) is 36.4 Å². The maximum atomic E-state index is 12.7. The summed E-state index contributed by atoms with van der Waals surface area (Å²) in [5, 5.41) is 11.7. The molecule has 1 fully saturated rings. The highest BCUT2D eigenvalue weighted by molar-refractivity contribution is 5.99. The van der Waals surface area contributed by atoms with Gasteiger partial charge in [-0.3, -0.25) is 24.8 Å². The molecule has 1 amide bonds. The summed E-state index contributed by atoms with van der Waals surface area (Å²) in [6.45, 7) is 0. The molecule has 0 aliphatic heterocycles. The van der Waals surface area contributed by atoms with Crippen LogP contribution < -0.4 is 5.32 Å². The lowest BCUT2D eigenvalue weighted by Gasteiger charge is -2.20. The summed E-state index contributed by atoms with van der Waals surface area (Å²) in [7, 11) is 0. The standard InChI is InChI=1S/C31H28N8O/c40-28(14-19-4-2-1-3-5-19)35-22-15-21(17-33-18-22)24-6-7-26-30(37-24)31(39-38-26)27-16-23-25(36-27)10-13-34-29(23)20-8-11-32-12-9-20/h6-13,15-19,36H,1-5,14H2,(H,35,40)(H,38,39). The second kappa shape index (κ2) is 10.3. The molecular weight excluding hydrogens is 500 g/mol. The molecule has 3 N–H and O–H groups in total. The van der Waals surface area contributed by atoms with Crippen LogP contribution in [0.5, 0.6) is 0 Å². The van der Waals surface area contributed by atoms with Gasteiger partial charge >= 0.3 is 0 Å². The molecule has 40 heavy (non-hydrogen) atoms. The Morgan fingerprint density at radius 1 is 0.875 bits per heavy atom. The first-order valence-electron chi connectivity index (χ1n) is 13.7. The fraction of sp³-hybridized carbons (Fsp3) is 0.226. The Balaban J connectivity index is 1.19. The molecule has 7 rings (SSSR count). The second-order valence-corrected chi connectivity index (χ2v) is 10.4. The number of pyridine rings is 4. The van der Waals surface area contributed by atoms with E-state index in [4.69, 9.17) is 4.98 Å². The molecule has 9 nitrogen and oxygen atoms in total. The van der Waals surface area contributed by atoms with Gasteiger partial charge in [-0.25, -0.2) is 4.98 Å². The van der Waals surface area contributed by atoms with E-state index >= 15 is 0 Å². The maximum Gasteiger partial charge on any atom is 0.224 e. The number of fused-ring (bicyclic) bond motifs is 2. The number of aromatic nitrogens is 7. The molecule has 0 atom stereocenters. The van der Waals surface area contributed by atoms with E-state index in [2.05, 4.69) is 41.5 Å². The van der Waals surface area contributed by atoms with Crippen molar-refractivity contribution in [3.63, 3.8) is 0 Å². The molecule has 0 bridgehead atoms. The normalized spacial score (nSPS) is 14.1. The fourth-order valence-corrected chi connectivity index (χ4v) is 5.68. The van der Waals surface area contributed by atoms with Crippen LogP contribution >= 0.6 is 0 Å². The Morgan fingerprint density at radius 3 is 2.62 bits per heavy atom. The molecule has 1 aliphatic rings. The van der Waals surface area contributed by atoms with Crippen molar-refractivity contribution in [2.24, 2.45) is 5.92 Å².